The summed E-state index contributed by atoms with van der Waals surface area (Å²) < 4.78 is 7.47. The number of Topliss-reactive ketones (excluding diaryl/α,β-unsaturated/α-hetero) is 1. The molecule has 0 saturated carbocycles. The summed E-state index contributed by atoms with van der Waals surface area (Å²) in [5.41, 5.74) is 6.21. The molecule has 8 heteroatoms. The SMILES string of the molecule is Cc1ccc2c(c1)C(C(=O)c1ncn(C)c1C)=Cc1cccnc1[C@H]2N1CCN(C(=O)OC(C)(C)C)CC1. The summed E-state index contributed by atoms with van der Waals surface area (Å²) in [4.78, 5) is 40.0. The first-order chi connectivity index (χ1) is 18.0. The molecular formula is C30H35N5O3. The van der Waals surface area contributed by atoms with Gasteiger partial charge < -0.3 is 14.2 Å². The number of carbonyl (C=O) groups excluding carboxylic acids is 2. The van der Waals surface area contributed by atoms with E-state index in [1.54, 1.807) is 17.4 Å². The topological polar surface area (TPSA) is 80.6 Å². The number of nitrogens with zero attached hydrogens (tertiary/aromatic N) is 5. The van der Waals surface area contributed by atoms with Crippen LogP contribution in [-0.2, 0) is 11.8 Å². The van der Waals surface area contributed by atoms with Crippen LogP contribution in [0.2, 0.25) is 0 Å². The first-order valence-corrected chi connectivity index (χ1v) is 13.1. The van der Waals surface area contributed by atoms with E-state index in [0.29, 0.717) is 37.4 Å². The number of hydrogen-bond acceptors (Lipinski definition) is 6. The second-order valence-corrected chi connectivity index (χ2v) is 11.2. The first-order valence-electron chi connectivity index (χ1n) is 13.1. The number of fused-ring (bicyclic) bond motifs is 2. The van der Waals surface area contributed by atoms with E-state index in [4.69, 9.17) is 9.72 Å². The highest BCUT2D eigenvalue weighted by Gasteiger charge is 2.36. The van der Waals surface area contributed by atoms with Gasteiger partial charge in [0.05, 0.1) is 18.1 Å². The molecule has 1 aliphatic carbocycles. The predicted octanol–water partition coefficient (Wildman–Crippen LogP) is 4.81. The maximum Gasteiger partial charge on any atom is 0.410 e. The van der Waals surface area contributed by atoms with E-state index in [1.807, 2.05) is 64.4 Å². The third-order valence-electron chi connectivity index (χ3n) is 7.25. The molecule has 2 aromatic heterocycles. The molecule has 3 heterocycles. The molecule has 1 aromatic carbocycles. The van der Waals surface area contributed by atoms with Gasteiger partial charge in [0.25, 0.3) is 0 Å². The Labute approximate surface area is 223 Å². The molecule has 38 heavy (non-hydrogen) atoms. The summed E-state index contributed by atoms with van der Waals surface area (Å²) in [6.45, 7) is 12.0. The Morgan fingerprint density at radius 2 is 1.76 bits per heavy atom. The van der Waals surface area contributed by atoms with Gasteiger partial charge in [-0.2, -0.15) is 0 Å². The molecule has 1 atom stereocenters. The monoisotopic (exact) mass is 513 g/mol. The van der Waals surface area contributed by atoms with Crippen molar-refractivity contribution < 1.29 is 14.3 Å². The lowest BCUT2D eigenvalue weighted by atomic mass is 9.90. The zero-order valence-corrected chi connectivity index (χ0v) is 23.0. The van der Waals surface area contributed by atoms with Crippen LogP contribution >= 0.6 is 0 Å². The molecule has 0 unspecified atom stereocenters. The lowest BCUT2D eigenvalue weighted by molar-refractivity contribution is 0.0118. The van der Waals surface area contributed by atoms with Gasteiger partial charge in [-0.05, 0) is 63.5 Å². The van der Waals surface area contributed by atoms with Gasteiger partial charge in [-0.1, -0.05) is 29.8 Å². The summed E-state index contributed by atoms with van der Waals surface area (Å²) in [5.74, 6) is -0.0971. The Kier molecular flexibility index (Phi) is 6.69. The van der Waals surface area contributed by atoms with Gasteiger partial charge in [-0.15, -0.1) is 0 Å². The summed E-state index contributed by atoms with van der Waals surface area (Å²) in [6, 6.07) is 10.1. The minimum absolute atomic E-state index is 0.0971. The van der Waals surface area contributed by atoms with E-state index in [2.05, 4.69) is 28.1 Å². The van der Waals surface area contributed by atoms with Crippen molar-refractivity contribution in [2.24, 2.45) is 7.05 Å². The second-order valence-electron chi connectivity index (χ2n) is 11.2. The number of benzene rings is 1. The number of allylic oxidation sites excluding steroid dienone is 1. The Bertz CT molecular complexity index is 1420. The van der Waals surface area contributed by atoms with Gasteiger partial charge in [0, 0.05) is 50.7 Å². The largest absolute Gasteiger partial charge is 0.444 e. The Balaban J connectivity index is 1.55. The lowest BCUT2D eigenvalue weighted by Crippen LogP contribution is -2.51. The number of rotatable bonds is 3. The number of ether oxygens (including phenoxy) is 1. The molecule has 0 bridgehead atoms. The fourth-order valence-corrected chi connectivity index (χ4v) is 5.19. The molecule has 0 radical (unpaired) electrons. The van der Waals surface area contributed by atoms with Crippen LogP contribution in [0.3, 0.4) is 0 Å². The molecule has 5 rings (SSSR count). The molecule has 3 aromatic rings. The number of amides is 1. The van der Waals surface area contributed by atoms with E-state index in [1.165, 1.54) is 0 Å². The van der Waals surface area contributed by atoms with E-state index in [9.17, 15) is 9.59 Å². The Morgan fingerprint density at radius 1 is 1.03 bits per heavy atom. The van der Waals surface area contributed by atoms with E-state index in [-0.39, 0.29) is 17.9 Å². The number of pyridine rings is 1. The quantitative estimate of drug-likeness (QED) is 0.468. The van der Waals surface area contributed by atoms with Crippen molar-refractivity contribution in [1.29, 1.82) is 0 Å². The van der Waals surface area contributed by atoms with E-state index in [0.717, 1.165) is 33.6 Å². The maximum absolute atomic E-state index is 13.9. The highest BCUT2D eigenvalue weighted by atomic mass is 16.6. The van der Waals surface area contributed by atoms with Crippen molar-refractivity contribution in [2.45, 2.75) is 46.3 Å². The van der Waals surface area contributed by atoms with Gasteiger partial charge >= 0.3 is 6.09 Å². The molecule has 0 N–H and O–H groups in total. The minimum Gasteiger partial charge on any atom is -0.444 e. The molecule has 198 valence electrons. The minimum atomic E-state index is -0.532. The molecule has 2 aliphatic rings. The van der Waals surface area contributed by atoms with Gasteiger partial charge in [0.15, 0.2) is 0 Å². The number of hydrogen-bond donors (Lipinski definition) is 0. The van der Waals surface area contributed by atoms with Crippen LogP contribution < -0.4 is 0 Å². The van der Waals surface area contributed by atoms with E-state index >= 15 is 0 Å². The van der Waals surface area contributed by atoms with Gasteiger partial charge in [0.2, 0.25) is 5.78 Å². The fraction of sp³-hybridized carbons (Fsp3) is 0.400. The van der Waals surface area contributed by atoms with Gasteiger partial charge in [-0.3, -0.25) is 14.7 Å². The number of ketones is 1. The maximum atomic E-state index is 13.9. The third kappa shape index (κ3) is 4.88. The average Bonchev–Trinajstić information content (AvgIpc) is 3.13. The van der Waals surface area contributed by atoms with Crippen LogP contribution in [0.15, 0.2) is 42.9 Å². The molecular weight excluding hydrogens is 478 g/mol. The highest BCUT2D eigenvalue weighted by Crippen LogP contribution is 2.41. The number of aryl methyl sites for hydroxylation is 2. The van der Waals surface area contributed by atoms with Gasteiger partial charge in [0.1, 0.15) is 11.3 Å². The predicted molar refractivity (Wildman–Crippen MR) is 147 cm³/mol. The van der Waals surface area contributed by atoms with Crippen molar-refractivity contribution in [3.05, 3.63) is 82.2 Å². The summed E-state index contributed by atoms with van der Waals surface area (Å²) in [6.07, 6.45) is 5.17. The van der Waals surface area contributed by atoms with Crippen LogP contribution in [0.5, 0.6) is 0 Å². The second kappa shape index (κ2) is 9.83. The normalized spacial score (nSPS) is 17.8. The molecule has 8 nitrogen and oxygen atoms in total. The average molecular weight is 514 g/mol. The molecule has 1 amide bonds. The van der Waals surface area contributed by atoms with E-state index < -0.39 is 5.60 Å². The molecule has 1 aliphatic heterocycles. The van der Waals surface area contributed by atoms with Crippen molar-refractivity contribution in [3.63, 3.8) is 0 Å². The first kappa shape index (κ1) is 25.9. The van der Waals surface area contributed by atoms with Crippen molar-refractivity contribution >= 4 is 23.5 Å². The summed E-state index contributed by atoms with van der Waals surface area (Å²) >= 11 is 0. The zero-order chi connectivity index (χ0) is 27.2. The molecule has 1 fully saturated rings. The molecule has 0 spiro atoms. The van der Waals surface area contributed by atoms with Crippen molar-refractivity contribution in [1.82, 2.24) is 24.3 Å². The fourth-order valence-electron chi connectivity index (χ4n) is 5.19. The number of carbonyl (C=O) groups is 2. The van der Waals surface area contributed by atoms with Gasteiger partial charge in [-0.25, -0.2) is 9.78 Å². The van der Waals surface area contributed by atoms with Crippen LogP contribution in [0, 0.1) is 13.8 Å². The Hall–Kier alpha value is -3.78. The van der Waals surface area contributed by atoms with Crippen LogP contribution in [0.1, 0.15) is 70.9 Å². The number of piperazine rings is 1. The Morgan fingerprint density at radius 3 is 2.42 bits per heavy atom. The third-order valence-corrected chi connectivity index (χ3v) is 7.25. The van der Waals surface area contributed by atoms with Crippen LogP contribution in [0.4, 0.5) is 4.79 Å². The number of aromatic nitrogens is 3. The van der Waals surface area contributed by atoms with Crippen LogP contribution in [0.25, 0.3) is 11.6 Å². The smallest absolute Gasteiger partial charge is 0.410 e. The number of imidazole rings is 1. The zero-order valence-electron chi connectivity index (χ0n) is 23.0. The highest BCUT2D eigenvalue weighted by molar-refractivity contribution is 6.32. The molecule has 1 saturated heterocycles. The standard InChI is InChI=1S/C30H35N5O3/c1-19-9-10-22-23(16-19)24(28(36)25-20(2)33(6)18-32-25)17-21-8-7-11-31-26(21)27(22)34-12-14-35(15-13-34)29(37)38-30(3,4)5/h7-11,16-18,27H,12-15H2,1-6H3/t27-/m0/s1. The summed E-state index contributed by atoms with van der Waals surface area (Å²) in [5, 5.41) is 0. The summed E-state index contributed by atoms with van der Waals surface area (Å²) in [7, 11) is 1.89. The van der Waals surface area contributed by atoms with Crippen molar-refractivity contribution in [3.8, 4) is 0 Å². The lowest BCUT2D eigenvalue weighted by Gasteiger charge is -2.40. The van der Waals surface area contributed by atoms with Crippen LogP contribution in [-0.4, -0.2) is 68.0 Å². The van der Waals surface area contributed by atoms with Crippen molar-refractivity contribution in [2.75, 3.05) is 26.2 Å².